The highest BCUT2D eigenvalue weighted by molar-refractivity contribution is 5.55. The van der Waals surface area contributed by atoms with E-state index in [1.165, 1.54) is 0 Å². The van der Waals surface area contributed by atoms with E-state index >= 15 is 0 Å². The Balaban J connectivity index is 3.39. The van der Waals surface area contributed by atoms with Crippen molar-refractivity contribution in [2.24, 2.45) is 0 Å². The molecule has 1 atom stereocenters. The minimum Gasteiger partial charge on any atom is -0.496 e. The molecule has 0 N–H and O–H groups in total. The van der Waals surface area contributed by atoms with Gasteiger partial charge >= 0.3 is 0 Å². The Morgan fingerprint density at radius 1 is 1.16 bits per heavy atom. The van der Waals surface area contributed by atoms with E-state index in [0.717, 1.165) is 28.9 Å². The molecule has 1 aromatic carbocycles. The summed E-state index contributed by atoms with van der Waals surface area (Å²) in [6.45, 7) is 8.43. The van der Waals surface area contributed by atoms with Crippen LogP contribution in [0.25, 0.3) is 0 Å². The molecule has 3 heteroatoms. The van der Waals surface area contributed by atoms with Gasteiger partial charge in [0.1, 0.15) is 17.8 Å². The van der Waals surface area contributed by atoms with Gasteiger partial charge in [0.05, 0.1) is 14.2 Å². The average molecular weight is 264 g/mol. The van der Waals surface area contributed by atoms with Crippen molar-refractivity contribution >= 4 is 6.29 Å². The SMILES string of the molecule is COc1cc(C(C)(C)C)c(OC)cc1C(C)CC=O. The van der Waals surface area contributed by atoms with Crippen LogP contribution in [0, 0.1) is 0 Å². The van der Waals surface area contributed by atoms with Crippen LogP contribution in [0.5, 0.6) is 11.5 Å². The summed E-state index contributed by atoms with van der Waals surface area (Å²) in [5, 5.41) is 0. The first-order valence-corrected chi connectivity index (χ1v) is 6.55. The molecule has 1 aromatic rings. The number of methoxy groups -OCH3 is 2. The summed E-state index contributed by atoms with van der Waals surface area (Å²) in [5.41, 5.74) is 2.10. The van der Waals surface area contributed by atoms with Crippen LogP contribution >= 0.6 is 0 Å². The van der Waals surface area contributed by atoms with Crippen LogP contribution in [0.3, 0.4) is 0 Å². The molecule has 0 aliphatic carbocycles. The van der Waals surface area contributed by atoms with E-state index in [0.29, 0.717) is 6.42 Å². The predicted molar refractivity (Wildman–Crippen MR) is 77.3 cm³/mol. The fraction of sp³-hybridized carbons (Fsp3) is 0.562. The fourth-order valence-electron chi connectivity index (χ4n) is 2.16. The molecule has 0 aromatic heterocycles. The van der Waals surface area contributed by atoms with Crippen molar-refractivity contribution in [2.45, 2.75) is 45.4 Å². The Bertz CT molecular complexity index is 444. The largest absolute Gasteiger partial charge is 0.496 e. The first-order chi connectivity index (χ1) is 8.85. The van der Waals surface area contributed by atoms with Crippen molar-refractivity contribution in [3.05, 3.63) is 23.3 Å². The lowest BCUT2D eigenvalue weighted by atomic mass is 9.84. The summed E-state index contributed by atoms with van der Waals surface area (Å²) in [6.07, 6.45) is 1.42. The maximum atomic E-state index is 10.7. The molecule has 0 bridgehead atoms. The number of carbonyl (C=O) groups is 1. The number of rotatable bonds is 5. The number of carbonyl (C=O) groups excluding carboxylic acids is 1. The third kappa shape index (κ3) is 3.49. The third-order valence-electron chi connectivity index (χ3n) is 3.34. The van der Waals surface area contributed by atoms with E-state index in [-0.39, 0.29) is 11.3 Å². The molecule has 0 saturated heterocycles. The highest BCUT2D eigenvalue weighted by atomic mass is 16.5. The Morgan fingerprint density at radius 2 is 1.74 bits per heavy atom. The maximum absolute atomic E-state index is 10.7. The smallest absolute Gasteiger partial charge is 0.123 e. The standard InChI is InChI=1S/C16H24O3/c1-11(7-8-17)12-9-15(19-6)13(16(2,3)4)10-14(12)18-5/h8-11H,7H2,1-6H3. The number of hydrogen-bond acceptors (Lipinski definition) is 3. The van der Waals surface area contributed by atoms with Crippen LogP contribution < -0.4 is 9.47 Å². The Kier molecular flexibility index (Phi) is 4.98. The zero-order valence-electron chi connectivity index (χ0n) is 12.7. The topological polar surface area (TPSA) is 35.5 Å². The highest BCUT2D eigenvalue weighted by Crippen LogP contribution is 2.39. The summed E-state index contributed by atoms with van der Waals surface area (Å²) in [6, 6.07) is 4.02. The molecule has 0 fully saturated rings. The summed E-state index contributed by atoms with van der Waals surface area (Å²) in [5.74, 6) is 1.79. The zero-order chi connectivity index (χ0) is 14.6. The molecule has 1 unspecified atom stereocenters. The monoisotopic (exact) mass is 264 g/mol. The van der Waals surface area contributed by atoms with Gasteiger partial charge in [0.25, 0.3) is 0 Å². The summed E-state index contributed by atoms with van der Waals surface area (Å²) < 4.78 is 11.0. The average Bonchev–Trinajstić information content (AvgIpc) is 2.36. The molecule has 106 valence electrons. The van der Waals surface area contributed by atoms with Crippen molar-refractivity contribution in [3.8, 4) is 11.5 Å². The van der Waals surface area contributed by atoms with Crippen molar-refractivity contribution in [3.63, 3.8) is 0 Å². The van der Waals surface area contributed by atoms with E-state index in [9.17, 15) is 4.79 Å². The lowest BCUT2D eigenvalue weighted by Crippen LogP contribution is -2.14. The summed E-state index contributed by atoms with van der Waals surface area (Å²) in [7, 11) is 3.33. The normalized spacial score (nSPS) is 12.9. The van der Waals surface area contributed by atoms with Crippen molar-refractivity contribution in [2.75, 3.05) is 14.2 Å². The van der Waals surface area contributed by atoms with Gasteiger partial charge < -0.3 is 14.3 Å². The quantitative estimate of drug-likeness (QED) is 0.761. The number of hydrogen-bond donors (Lipinski definition) is 0. The van der Waals surface area contributed by atoms with Gasteiger partial charge in [-0.05, 0) is 23.5 Å². The molecule has 1 rings (SSSR count). The van der Waals surface area contributed by atoms with E-state index in [4.69, 9.17) is 9.47 Å². The summed E-state index contributed by atoms with van der Waals surface area (Å²) in [4.78, 5) is 10.7. The minimum atomic E-state index is -0.0228. The van der Waals surface area contributed by atoms with Crippen LogP contribution in [0.1, 0.15) is 51.2 Å². The Morgan fingerprint density at radius 3 is 2.16 bits per heavy atom. The molecular weight excluding hydrogens is 240 g/mol. The maximum Gasteiger partial charge on any atom is 0.123 e. The van der Waals surface area contributed by atoms with Crippen LogP contribution in [0.4, 0.5) is 0 Å². The van der Waals surface area contributed by atoms with Gasteiger partial charge in [0.2, 0.25) is 0 Å². The fourth-order valence-corrected chi connectivity index (χ4v) is 2.16. The third-order valence-corrected chi connectivity index (χ3v) is 3.34. The molecule has 0 heterocycles. The van der Waals surface area contributed by atoms with Gasteiger partial charge in [-0.1, -0.05) is 27.7 Å². The number of aldehydes is 1. The zero-order valence-corrected chi connectivity index (χ0v) is 12.7. The van der Waals surface area contributed by atoms with Gasteiger partial charge in [0.15, 0.2) is 0 Å². The minimum absolute atomic E-state index is 0.0228. The van der Waals surface area contributed by atoms with Gasteiger partial charge in [-0.15, -0.1) is 0 Å². The lowest BCUT2D eigenvalue weighted by molar-refractivity contribution is -0.108. The summed E-state index contributed by atoms with van der Waals surface area (Å²) >= 11 is 0. The molecule has 0 aliphatic rings. The van der Waals surface area contributed by atoms with Crippen molar-refractivity contribution < 1.29 is 14.3 Å². The molecule has 0 spiro atoms. The van der Waals surface area contributed by atoms with Crippen LogP contribution in [0.15, 0.2) is 12.1 Å². The second kappa shape index (κ2) is 6.09. The Hall–Kier alpha value is -1.51. The van der Waals surface area contributed by atoms with Crippen LogP contribution in [-0.2, 0) is 10.2 Å². The van der Waals surface area contributed by atoms with Gasteiger partial charge in [0, 0.05) is 17.5 Å². The van der Waals surface area contributed by atoms with E-state index in [1.54, 1.807) is 14.2 Å². The molecule has 3 nitrogen and oxygen atoms in total. The highest BCUT2D eigenvalue weighted by Gasteiger charge is 2.23. The Labute approximate surface area is 115 Å². The van der Waals surface area contributed by atoms with Crippen molar-refractivity contribution in [1.82, 2.24) is 0 Å². The second-order valence-corrected chi connectivity index (χ2v) is 5.85. The van der Waals surface area contributed by atoms with Crippen LogP contribution in [0.2, 0.25) is 0 Å². The molecule has 0 aliphatic heterocycles. The van der Waals surface area contributed by atoms with Gasteiger partial charge in [-0.3, -0.25) is 0 Å². The van der Waals surface area contributed by atoms with E-state index in [1.807, 2.05) is 19.1 Å². The molecule has 0 amide bonds. The molecule has 0 radical (unpaired) electrons. The first-order valence-electron chi connectivity index (χ1n) is 6.55. The lowest BCUT2D eigenvalue weighted by Gasteiger charge is -2.25. The predicted octanol–water partition coefficient (Wildman–Crippen LogP) is 3.69. The first kappa shape index (κ1) is 15.5. The second-order valence-electron chi connectivity index (χ2n) is 5.85. The number of benzene rings is 1. The number of ether oxygens (including phenoxy) is 2. The van der Waals surface area contributed by atoms with Gasteiger partial charge in [-0.2, -0.15) is 0 Å². The molecular formula is C16H24O3. The van der Waals surface area contributed by atoms with E-state index in [2.05, 4.69) is 20.8 Å². The van der Waals surface area contributed by atoms with E-state index < -0.39 is 0 Å². The van der Waals surface area contributed by atoms with Gasteiger partial charge in [-0.25, -0.2) is 0 Å². The molecule has 0 saturated carbocycles. The van der Waals surface area contributed by atoms with Crippen molar-refractivity contribution in [1.29, 1.82) is 0 Å². The van der Waals surface area contributed by atoms with Crippen LogP contribution in [-0.4, -0.2) is 20.5 Å². The molecule has 19 heavy (non-hydrogen) atoms.